The molecule has 0 bridgehead atoms. The van der Waals surface area contributed by atoms with Crippen LogP contribution in [0.1, 0.15) is 59.1 Å². The number of nitrogens with one attached hydrogen (secondary N) is 2. The van der Waals surface area contributed by atoms with Crippen LogP contribution in [0.5, 0.6) is 0 Å². The Labute approximate surface area is 122 Å². The molecule has 5 heteroatoms. The number of hydrogen-bond donors (Lipinski definition) is 2. The lowest BCUT2D eigenvalue weighted by Gasteiger charge is -2.13. The molecule has 0 saturated heterocycles. The summed E-state index contributed by atoms with van der Waals surface area (Å²) >= 11 is 0. The predicted octanol–water partition coefficient (Wildman–Crippen LogP) is 2.83. The molecule has 0 spiro atoms. The van der Waals surface area contributed by atoms with Crippen LogP contribution in [0, 0.1) is 0 Å². The molecule has 0 amide bonds. The molecule has 0 aromatic carbocycles. The Balaban J connectivity index is 2.59. The second-order valence-corrected chi connectivity index (χ2v) is 5.84. The zero-order valence-electron chi connectivity index (χ0n) is 13.4. The molecule has 5 nitrogen and oxygen atoms in total. The minimum atomic E-state index is -0.0150. The summed E-state index contributed by atoms with van der Waals surface area (Å²) in [5.74, 6) is 2.37. The van der Waals surface area contributed by atoms with Crippen molar-refractivity contribution < 1.29 is 4.42 Å². The highest BCUT2D eigenvalue weighted by Gasteiger charge is 2.18. The number of nitrogens with zero attached hydrogens (tertiary/aromatic N) is 2. The Bertz CT molecular complexity index is 418. The van der Waals surface area contributed by atoms with E-state index in [9.17, 15) is 0 Å². The first-order valence-electron chi connectivity index (χ1n) is 7.44. The molecule has 1 rings (SSSR count). The Morgan fingerprint density at radius 3 is 2.60 bits per heavy atom. The molecule has 0 atom stereocenters. The quantitative estimate of drug-likeness (QED) is 0.478. The smallest absolute Gasteiger partial charge is 0.216 e. The van der Waals surface area contributed by atoms with Gasteiger partial charge in [-0.2, -0.15) is 0 Å². The summed E-state index contributed by atoms with van der Waals surface area (Å²) in [7, 11) is 0. The Hall–Kier alpha value is -1.52. The largest absolute Gasteiger partial charge is 0.443 e. The maximum atomic E-state index is 5.73. The van der Waals surface area contributed by atoms with Gasteiger partial charge < -0.3 is 15.1 Å². The van der Waals surface area contributed by atoms with Gasteiger partial charge in [-0.15, -0.1) is 0 Å². The van der Waals surface area contributed by atoms with Crippen molar-refractivity contribution in [3.63, 3.8) is 0 Å². The van der Waals surface area contributed by atoms with Gasteiger partial charge in [-0.1, -0.05) is 34.1 Å². The summed E-state index contributed by atoms with van der Waals surface area (Å²) in [4.78, 5) is 8.77. The summed E-state index contributed by atoms with van der Waals surface area (Å²) < 4.78 is 5.73. The van der Waals surface area contributed by atoms with Crippen LogP contribution < -0.4 is 10.6 Å². The van der Waals surface area contributed by atoms with Crippen molar-refractivity contribution in [2.24, 2.45) is 4.99 Å². The van der Waals surface area contributed by atoms with Crippen LogP contribution in [0.4, 0.5) is 0 Å². The van der Waals surface area contributed by atoms with Gasteiger partial charge in [0.15, 0.2) is 5.96 Å². The van der Waals surface area contributed by atoms with Crippen molar-refractivity contribution in [3.8, 4) is 0 Å². The van der Waals surface area contributed by atoms with E-state index < -0.39 is 0 Å². The number of unbranched alkanes of at least 4 members (excludes halogenated alkanes) is 1. The number of rotatable bonds is 6. The highest BCUT2D eigenvalue weighted by atomic mass is 16.4. The van der Waals surface area contributed by atoms with Crippen molar-refractivity contribution >= 4 is 5.96 Å². The average Bonchev–Trinajstić information content (AvgIpc) is 2.85. The van der Waals surface area contributed by atoms with E-state index >= 15 is 0 Å². The molecule has 20 heavy (non-hydrogen) atoms. The topological polar surface area (TPSA) is 62.5 Å². The lowest BCUT2D eigenvalue weighted by Crippen LogP contribution is -2.37. The fourth-order valence-corrected chi connectivity index (χ4v) is 1.60. The minimum Gasteiger partial charge on any atom is -0.443 e. The van der Waals surface area contributed by atoms with Gasteiger partial charge in [0, 0.05) is 18.5 Å². The highest BCUT2D eigenvalue weighted by Crippen LogP contribution is 2.22. The Morgan fingerprint density at radius 1 is 1.30 bits per heavy atom. The van der Waals surface area contributed by atoms with Gasteiger partial charge in [-0.3, -0.25) is 0 Å². The first kappa shape index (κ1) is 16.5. The van der Waals surface area contributed by atoms with Crippen LogP contribution in [0.3, 0.4) is 0 Å². The number of guanidine groups is 1. The minimum absolute atomic E-state index is 0.0150. The first-order valence-corrected chi connectivity index (χ1v) is 7.44. The third-order valence-electron chi connectivity index (χ3n) is 2.83. The van der Waals surface area contributed by atoms with Gasteiger partial charge in [0.2, 0.25) is 5.89 Å². The molecule has 114 valence electrons. The van der Waals surface area contributed by atoms with Crippen molar-refractivity contribution in [2.75, 3.05) is 13.1 Å². The molecule has 0 aliphatic rings. The van der Waals surface area contributed by atoms with E-state index in [1.54, 1.807) is 6.20 Å². The van der Waals surface area contributed by atoms with E-state index in [0.717, 1.165) is 31.2 Å². The second kappa shape index (κ2) is 7.92. The molecular formula is C15H28N4O. The predicted molar refractivity (Wildman–Crippen MR) is 82.9 cm³/mol. The summed E-state index contributed by atoms with van der Waals surface area (Å²) in [5.41, 5.74) is -0.0150. The van der Waals surface area contributed by atoms with Gasteiger partial charge in [-0.25, -0.2) is 9.98 Å². The van der Waals surface area contributed by atoms with Crippen LogP contribution in [0.15, 0.2) is 15.6 Å². The lowest BCUT2D eigenvalue weighted by molar-refractivity contribution is 0.383. The molecule has 0 unspecified atom stereocenters. The van der Waals surface area contributed by atoms with Crippen molar-refractivity contribution in [2.45, 2.75) is 59.4 Å². The molecule has 1 aromatic rings. The summed E-state index contributed by atoms with van der Waals surface area (Å²) in [5, 5.41) is 6.52. The van der Waals surface area contributed by atoms with Crippen molar-refractivity contribution in [1.29, 1.82) is 0 Å². The fourth-order valence-electron chi connectivity index (χ4n) is 1.60. The molecule has 0 radical (unpaired) electrons. The summed E-state index contributed by atoms with van der Waals surface area (Å²) in [6.07, 6.45) is 4.10. The third-order valence-corrected chi connectivity index (χ3v) is 2.83. The van der Waals surface area contributed by atoms with E-state index in [4.69, 9.17) is 4.42 Å². The molecule has 0 aliphatic heterocycles. The highest BCUT2D eigenvalue weighted by molar-refractivity contribution is 5.79. The number of hydrogen-bond acceptors (Lipinski definition) is 3. The zero-order chi connectivity index (χ0) is 15.0. The average molecular weight is 280 g/mol. The summed E-state index contributed by atoms with van der Waals surface area (Å²) in [6.45, 7) is 12.8. The molecule has 0 aliphatic carbocycles. The normalized spacial score (nSPS) is 12.6. The van der Waals surface area contributed by atoms with E-state index in [0.29, 0.717) is 12.4 Å². The number of aromatic nitrogens is 1. The van der Waals surface area contributed by atoms with Crippen molar-refractivity contribution in [1.82, 2.24) is 15.6 Å². The number of aliphatic imine (C=N–C) groups is 1. The monoisotopic (exact) mass is 280 g/mol. The van der Waals surface area contributed by atoms with Crippen LogP contribution >= 0.6 is 0 Å². The van der Waals surface area contributed by atoms with Gasteiger partial charge in [-0.05, 0) is 13.3 Å². The van der Waals surface area contributed by atoms with E-state index in [-0.39, 0.29) is 5.41 Å². The molecule has 2 N–H and O–H groups in total. The molecular weight excluding hydrogens is 252 g/mol. The lowest BCUT2D eigenvalue weighted by atomic mass is 9.94. The number of oxazole rings is 1. The fraction of sp³-hybridized carbons (Fsp3) is 0.733. The molecule has 0 fully saturated rings. The van der Waals surface area contributed by atoms with Gasteiger partial charge in [0.05, 0.1) is 6.20 Å². The first-order chi connectivity index (χ1) is 9.47. The molecule has 1 aromatic heterocycles. The molecule has 1 heterocycles. The van der Waals surface area contributed by atoms with E-state index in [2.05, 4.69) is 55.2 Å². The van der Waals surface area contributed by atoms with E-state index in [1.165, 1.54) is 6.42 Å². The molecule has 0 saturated carbocycles. The third kappa shape index (κ3) is 5.63. The second-order valence-electron chi connectivity index (χ2n) is 5.84. The SMILES string of the molecule is CCCCNC(=NCc1ncc(C(C)(C)C)o1)NCC. The Morgan fingerprint density at radius 2 is 2.05 bits per heavy atom. The standard InChI is InChI=1S/C15H28N4O/c1-6-8-9-17-14(16-7-2)19-11-13-18-10-12(20-13)15(3,4)5/h10H,6-9,11H2,1-5H3,(H2,16,17,19). The van der Waals surface area contributed by atoms with Crippen LogP contribution in [0.2, 0.25) is 0 Å². The van der Waals surface area contributed by atoms with Crippen LogP contribution in [-0.4, -0.2) is 24.0 Å². The van der Waals surface area contributed by atoms with Gasteiger partial charge in [0.1, 0.15) is 12.3 Å². The maximum Gasteiger partial charge on any atom is 0.216 e. The van der Waals surface area contributed by atoms with Gasteiger partial charge in [0.25, 0.3) is 0 Å². The van der Waals surface area contributed by atoms with E-state index in [1.807, 2.05) is 0 Å². The van der Waals surface area contributed by atoms with Crippen LogP contribution in [0.25, 0.3) is 0 Å². The maximum absolute atomic E-state index is 5.73. The Kier molecular flexibility index (Phi) is 6.55. The summed E-state index contributed by atoms with van der Waals surface area (Å²) in [6, 6.07) is 0. The van der Waals surface area contributed by atoms with Crippen LogP contribution in [-0.2, 0) is 12.0 Å². The van der Waals surface area contributed by atoms with Crippen molar-refractivity contribution in [3.05, 3.63) is 17.8 Å². The zero-order valence-corrected chi connectivity index (χ0v) is 13.4. The van der Waals surface area contributed by atoms with Gasteiger partial charge >= 0.3 is 0 Å².